The number of hydrogen-bond donors (Lipinski definition) is 0. The summed E-state index contributed by atoms with van der Waals surface area (Å²) in [4.78, 5) is 19.7. The molecule has 1 atom stereocenters. The summed E-state index contributed by atoms with van der Waals surface area (Å²) in [5, 5.41) is 0.724. The van der Waals surface area contributed by atoms with Crippen molar-refractivity contribution in [3.8, 4) is 0 Å². The molecule has 5 heteroatoms. The van der Waals surface area contributed by atoms with Crippen LogP contribution in [0.3, 0.4) is 0 Å². The van der Waals surface area contributed by atoms with Crippen LogP contribution in [0.25, 0.3) is 10.2 Å². The number of aromatic nitrogens is 1. The first-order valence-corrected chi connectivity index (χ1v) is 8.88. The van der Waals surface area contributed by atoms with E-state index in [1.807, 2.05) is 55.5 Å². The first-order valence-electron chi connectivity index (χ1n) is 8.07. The fourth-order valence-electron chi connectivity index (χ4n) is 3.00. The molecule has 4 nitrogen and oxygen atoms in total. The van der Waals surface area contributed by atoms with Gasteiger partial charge in [0.15, 0.2) is 5.13 Å². The molecule has 0 unspecified atom stereocenters. The second kappa shape index (κ2) is 6.34. The number of aryl methyl sites for hydroxylation is 1. The molecule has 24 heavy (non-hydrogen) atoms. The molecule has 2 heterocycles. The van der Waals surface area contributed by atoms with Crippen LogP contribution in [0.1, 0.15) is 12.0 Å². The molecule has 122 valence electrons. The van der Waals surface area contributed by atoms with Crippen LogP contribution in [0.2, 0.25) is 0 Å². The number of hydrogen-bond acceptors (Lipinski definition) is 4. The van der Waals surface area contributed by atoms with Crippen molar-refractivity contribution in [3.05, 3.63) is 54.1 Å². The molecule has 2 aromatic carbocycles. The number of fused-ring (bicyclic) bond motifs is 1. The van der Waals surface area contributed by atoms with Crippen LogP contribution in [-0.2, 0) is 9.53 Å². The number of benzene rings is 2. The molecule has 1 aromatic heterocycles. The minimum absolute atomic E-state index is 0.0702. The highest BCUT2D eigenvalue weighted by atomic mass is 32.1. The van der Waals surface area contributed by atoms with Gasteiger partial charge >= 0.3 is 0 Å². The fourth-order valence-corrected chi connectivity index (χ4v) is 3.98. The van der Waals surface area contributed by atoms with E-state index in [9.17, 15) is 4.79 Å². The predicted molar refractivity (Wildman–Crippen MR) is 96.9 cm³/mol. The maximum Gasteiger partial charge on any atom is 0.238 e. The van der Waals surface area contributed by atoms with Crippen molar-refractivity contribution >= 4 is 38.3 Å². The minimum atomic E-state index is -0.100. The maximum absolute atomic E-state index is 13.2. The van der Waals surface area contributed by atoms with Gasteiger partial charge in [-0.2, -0.15) is 0 Å². The van der Waals surface area contributed by atoms with E-state index in [1.54, 1.807) is 16.2 Å². The Kier molecular flexibility index (Phi) is 4.04. The lowest BCUT2D eigenvalue weighted by Gasteiger charge is -2.24. The van der Waals surface area contributed by atoms with Crippen LogP contribution in [0.5, 0.6) is 0 Å². The average molecular weight is 338 g/mol. The van der Waals surface area contributed by atoms with Crippen molar-refractivity contribution in [2.24, 2.45) is 5.92 Å². The number of ether oxygens (including phenoxy) is 1. The number of amides is 1. The van der Waals surface area contributed by atoms with Gasteiger partial charge in [0, 0.05) is 6.61 Å². The number of nitrogens with zero attached hydrogens (tertiary/aromatic N) is 2. The second-order valence-corrected chi connectivity index (χ2v) is 6.99. The van der Waals surface area contributed by atoms with Gasteiger partial charge in [0.2, 0.25) is 5.91 Å². The summed E-state index contributed by atoms with van der Waals surface area (Å²) < 4.78 is 6.51. The average Bonchev–Trinajstić information content (AvgIpc) is 3.26. The normalized spacial score (nSPS) is 17.3. The quantitative estimate of drug-likeness (QED) is 0.715. The van der Waals surface area contributed by atoms with Gasteiger partial charge in [0.25, 0.3) is 0 Å². The molecule has 3 aromatic rings. The first kappa shape index (κ1) is 15.3. The van der Waals surface area contributed by atoms with Crippen LogP contribution < -0.4 is 4.90 Å². The lowest BCUT2D eigenvalue weighted by atomic mass is 10.1. The molecular formula is C19H18N2O2S. The fraction of sp³-hybridized carbons (Fsp3) is 0.263. The third-order valence-corrected chi connectivity index (χ3v) is 5.35. The van der Waals surface area contributed by atoms with E-state index in [-0.39, 0.29) is 11.8 Å². The molecule has 0 aliphatic carbocycles. The molecule has 0 bridgehead atoms. The number of thiazole rings is 1. The Balaban J connectivity index is 1.83. The zero-order chi connectivity index (χ0) is 16.5. The Labute approximate surface area is 144 Å². The van der Waals surface area contributed by atoms with E-state index in [0.717, 1.165) is 33.0 Å². The van der Waals surface area contributed by atoms with Crippen LogP contribution in [0.15, 0.2) is 48.5 Å². The standard InChI is InChI=1S/C19H18N2O2S/c1-13-6-2-4-8-16(13)21(18(22)14-10-11-23-12-14)19-20-15-7-3-5-9-17(15)24-19/h2-9,14H,10-12H2,1H3/t14-/m0/s1. The van der Waals surface area contributed by atoms with Gasteiger partial charge in [0.05, 0.1) is 28.4 Å². The summed E-state index contributed by atoms with van der Waals surface area (Å²) in [6, 6.07) is 15.9. The zero-order valence-corrected chi connectivity index (χ0v) is 14.3. The lowest BCUT2D eigenvalue weighted by molar-refractivity contribution is -0.121. The first-order chi connectivity index (χ1) is 11.7. The second-order valence-electron chi connectivity index (χ2n) is 5.98. The number of para-hydroxylation sites is 2. The van der Waals surface area contributed by atoms with E-state index in [2.05, 4.69) is 0 Å². The molecule has 0 spiro atoms. The summed E-state index contributed by atoms with van der Waals surface area (Å²) in [6.07, 6.45) is 0.770. The molecule has 0 saturated carbocycles. The number of rotatable bonds is 3. The lowest BCUT2D eigenvalue weighted by Crippen LogP contribution is -2.33. The largest absolute Gasteiger partial charge is 0.381 e. The Bertz CT molecular complexity index is 851. The van der Waals surface area contributed by atoms with Gasteiger partial charge < -0.3 is 4.74 Å². The van der Waals surface area contributed by atoms with Gasteiger partial charge in [-0.15, -0.1) is 0 Å². The van der Waals surface area contributed by atoms with E-state index in [1.165, 1.54) is 0 Å². The third kappa shape index (κ3) is 2.70. The van der Waals surface area contributed by atoms with Crippen molar-refractivity contribution in [3.63, 3.8) is 0 Å². The molecule has 0 N–H and O–H groups in total. The van der Waals surface area contributed by atoms with Gasteiger partial charge in [-0.1, -0.05) is 41.7 Å². The molecule has 4 rings (SSSR count). The monoisotopic (exact) mass is 338 g/mol. The Hall–Kier alpha value is -2.24. The van der Waals surface area contributed by atoms with Crippen LogP contribution in [0, 0.1) is 12.8 Å². The highest BCUT2D eigenvalue weighted by Gasteiger charge is 2.32. The van der Waals surface area contributed by atoms with Crippen molar-refractivity contribution in [1.29, 1.82) is 0 Å². The van der Waals surface area contributed by atoms with E-state index >= 15 is 0 Å². The Morgan fingerprint density at radius 2 is 2.00 bits per heavy atom. The summed E-state index contributed by atoms with van der Waals surface area (Å²) in [6.45, 7) is 3.16. The zero-order valence-electron chi connectivity index (χ0n) is 13.4. The van der Waals surface area contributed by atoms with Crippen molar-refractivity contribution in [2.45, 2.75) is 13.3 Å². The molecule has 0 radical (unpaired) electrons. The number of anilines is 2. The summed E-state index contributed by atoms with van der Waals surface area (Å²) in [5.41, 5.74) is 2.88. The smallest absolute Gasteiger partial charge is 0.238 e. The number of carbonyl (C=O) groups is 1. The van der Waals surface area contributed by atoms with Gasteiger partial charge in [-0.25, -0.2) is 4.98 Å². The summed E-state index contributed by atoms with van der Waals surface area (Å²) in [5.74, 6) is -0.0301. The van der Waals surface area contributed by atoms with Crippen molar-refractivity contribution < 1.29 is 9.53 Å². The molecule has 1 amide bonds. The van der Waals surface area contributed by atoms with E-state index < -0.39 is 0 Å². The van der Waals surface area contributed by atoms with Crippen molar-refractivity contribution in [2.75, 3.05) is 18.1 Å². The van der Waals surface area contributed by atoms with Crippen LogP contribution in [0.4, 0.5) is 10.8 Å². The van der Waals surface area contributed by atoms with E-state index in [4.69, 9.17) is 9.72 Å². The van der Waals surface area contributed by atoms with E-state index in [0.29, 0.717) is 13.2 Å². The predicted octanol–water partition coefficient (Wildman–Crippen LogP) is 4.31. The van der Waals surface area contributed by atoms with Gasteiger partial charge in [0.1, 0.15) is 0 Å². The van der Waals surface area contributed by atoms with Crippen molar-refractivity contribution in [1.82, 2.24) is 4.98 Å². The molecular weight excluding hydrogens is 320 g/mol. The SMILES string of the molecule is Cc1ccccc1N(C(=O)[C@H]1CCOC1)c1nc2ccccc2s1. The maximum atomic E-state index is 13.2. The molecule has 1 saturated heterocycles. The minimum Gasteiger partial charge on any atom is -0.381 e. The molecule has 1 fully saturated rings. The van der Waals surface area contributed by atoms with Crippen LogP contribution >= 0.6 is 11.3 Å². The highest BCUT2D eigenvalue weighted by molar-refractivity contribution is 7.22. The summed E-state index contributed by atoms with van der Waals surface area (Å²) in [7, 11) is 0. The molecule has 1 aliphatic heterocycles. The topological polar surface area (TPSA) is 42.4 Å². The summed E-state index contributed by atoms with van der Waals surface area (Å²) >= 11 is 1.55. The van der Waals surface area contributed by atoms with Crippen LogP contribution in [-0.4, -0.2) is 24.1 Å². The highest BCUT2D eigenvalue weighted by Crippen LogP contribution is 2.36. The molecule has 1 aliphatic rings. The Morgan fingerprint density at radius 3 is 2.75 bits per heavy atom. The van der Waals surface area contributed by atoms with Gasteiger partial charge in [-0.05, 0) is 37.1 Å². The number of carbonyl (C=O) groups excluding carboxylic acids is 1. The Morgan fingerprint density at radius 1 is 1.21 bits per heavy atom. The van der Waals surface area contributed by atoms with Gasteiger partial charge in [-0.3, -0.25) is 9.69 Å². The third-order valence-electron chi connectivity index (χ3n) is 4.33.